The van der Waals surface area contributed by atoms with Gasteiger partial charge in [-0.3, -0.25) is 9.59 Å². The van der Waals surface area contributed by atoms with Crippen LogP contribution in [0.15, 0.2) is 65.0 Å². The first-order chi connectivity index (χ1) is 17.5. The highest BCUT2D eigenvalue weighted by Gasteiger charge is 2.43. The van der Waals surface area contributed by atoms with Crippen molar-refractivity contribution in [3.05, 3.63) is 81.2 Å². The summed E-state index contributed by atoms with van der Waals surface area (Å²) in [4.78, 5) is 28.9. The minimum atomic E-state index is -0.345. The molecule has 0 aromatic heterocycles. The van der Waals surface area contributed by atoms with Crippen molar-refractivity contribution in [2.45, 2.75) is 64.9 Å². The molecule has 0 fully saturated rings. The summed E-state index contributed by atoms with van der Waals surface area (Å²) in [6, 6.07) is 13.4. The second-order valence-electron chi connectivity index (χ2n) is 9.51. The Hall–Kier alpha value is -3.05. The van der Waals surface area contributed by atoms with Crippen LogP contribution in [0.3, 0.4) is 0 Å². The van der Waals surface area contributed by atoms with Crippen molar-refractivity contribution in [3.63, 3.8) is 0 Å². The van der Waals surface area contributed by atoms with Gasteiger partial charge in [-0.15, -0.1) is 0 Å². The number of ether oxygens (including phenoxy) is 2. The smallest absolute Gasteiger partial charge is 0.161 e. The Bertz CT molecular complexity index is 1200. The Balaban J connectivity index is 1.56. The molecular formula is C30H32ClNO4. The summed E-state index contributed by atoms with van der Waals surface area (Å²) in [5.41, 5.74) is 5.73. The lowest BCUT2D eigenvalue weighted by molar-refractivity contribution is -0.117. The number of carbonyl (C=O) groups excluding carboxylic acids is 2. The molecule has 0 bridgehead atoms. The number of nitrogens with zero attached hydrogens (tertiary/aromatic N) is 1. The van der Waals surface area contributed by atoms with Crippen LogP contribution in [0.5, 0.6) is 11.5 Å². The van der Waals surface area contributed by atoms with Crippen molar-refractivity contribution in [3.8, 4) is 11.5 Å². The lowest BCUT2D eigenvalue weighted by Gasteiger charge is -2.43. The third kappa shape index (κ3) is 4.57. The number of Topliss-reactive ketones (excluding diaryl/α,β-unsaturated/α-hetero) is 2. The van der Waals surface area contributed by atoms with E-state index < -0.39 is 0 Å². The van der Waals surface area contributed by atoms with E-state index in [1.807, 2.05) is 49.4 Å². The van der Waals surface area contributed by atoms with Gasteiger partial charge in [-0.1, -0.05) is 29.8 Å². The van der Waals surface area contributed by atoms with Crippen LogP contribution < -0.4 is 9.47 Å². The lowest BCUT2D eigenvalue weighted by atomic mass is 9.71. The largest absolute Gasteiger partial charge is 0.490 e. The van der Waals surface area contributed by atoms with Gasteiger partial charge in [0.25, 0.3) is 0 Å². The topological polar surface area (TPSA) is 55.8 Å². The first kappa shape index (κ1) is 24.6. The zero-order valence-electron chi connectivity index (χ0n) is 20.9. The van der Waals surface area contributed by atoms with Gasteiger partial charge in [-0.05, 0) is 74.9 Å². The van der Waals surface area contributed by atoms with Crippen molar-refractivity contribution in [2.24, 2.45) is 0 Å². The Morgan fingerprint density at radius 1 is 0.833 bits per heavy atom. The minimum absolute atomic E-state index is 0.158. The molecule has 2 aliphatic carbocycles. The van der Waals surface area contributed by atoms with Crippen molar-refractivity contribution in [2.75, 3.05) is 13.2 Å². The van der Waals surface area contributed by atoms with Crippen molar-refractivity contribution >= 4 is 23.2 Å². The summed E-state index contributed by atoms with van der Waals surface area (Å²) in [6.07, 6.45) is 4.53. The van der Waals surface area contributed by atoms with Gasteiger partial charge in [-0.2, -0.15) is 0 Å². The van der Waals surface area contributed by atoms with E-state index in [2.05, 4.69) is 11.8 Å². The molecule has 0 saturated heterocycles. The van der Waals surface area contributed by atoms with Crippen molar-refractivity contribution in [1.82, 2.24) is 4.90 Å². The fourth-order valence-corrected chi connectivity index (χ4v) is 5.89. The van der Waals surface area contributed by atoms with Gasteiger partial charge >= 0.3 is 0 Å². The third-order valence-electron chi connectivity index (χ3n) is 7.31. The number of allylic oxidation sites excluding steroid dienone is 4. The summed E-state index contributed by atoms with van der Waals surface area (Å²) in [7, 11) is 0. The maximum absolute atomic E-state index is 13.3. The highest BCUT2D eigenvalue weighted by atomic mass is 35.5. The molecule has 0 saturated carbocycles. The number of halogens is 1. The van der Waals surface area contributed by atoms with E-state index in [0.717, 1.165) is 65.9 Å². The molecule has 3 aliphatic rings. The molecule has 6 heteroatoms. The van der Waals surface area contributed by atoms with Gasteiger partial charge in [0.1, 0.15) is 6.61 Å². The monoisotopic (exact) mass is 505 g/mol. The predicted molar refractivity (Wildman–Crippen MR) is 140 cm³/mol. The lowest BCUT2D eigenvalue weighted by Crippen LogP contribution is -2.39. The average molecular weight is 506 g/mol. The molecule has 0 radical (unpaired) electrons. The molecule has 5 rings (SSSR count). The van der Waals surface area contributed by atoms with Gasteiger partial charge < -0.3 is 14.4 Å². The fraction of sp³-hybridized carbons (Fsp3) is 0.400. The zero-order valence-corrected chi connectivity index (χ0v) is 21.7. The summed E-state index contributed by atoms with van der Waals surface area (Å²) < 4.78 is 12.1. The highest BCUT2D eigenvalue weighted by Crippen LogP contribution is 2.50. The van der Waals surface area contributed by atoms with Gasteiger partial charge in [0.2, 0.25) is 0 Å². The maximum Gasteiger partial charge on any atom is 0.161 e. The van der Waals surface area contributed by atoms with Crippen molar-refractivity contribution in [1.29, 1.82) is 0 Å². The Kier molecular flexibility index (Phi) is 7.20. The number of ketones is 2. The molecule has 2 aromatic rings. The minimum Gasteiger partial charge on any atom is -0.490 e. The summed E-state index contributed by atoms with van der Waals surface area (Å²) in [5.74, 6) is 1.23. The number of hydrogen-bond donors (Lipinski definition) is 0. The van der Waals surface area contributed by atoms with Crippen LogP contribution in [0, 0.1) is 0 Å². The standard InChI is InChI=1S/C30H32ClNO4/c1-3-32-22-7-5-9-24(33)29(22)28(30-23(32)8-6-10-25(30)34)20-13-16-26(27(17-20)35-4-2)36-18-19-11-14-21(31)15-12-19/h11-17,28H,3-10,18H2,1-2H3. The van der Waals surface area contributed by atoms with Crippen molar-refractivity contribution < 1.29 is 19.1 Å². The van der Waals surface area contributed by atoms with Gasteiger partial charge in [-0.25, -0.2) is 0 Å². The van der Waals surface area contributed by atoms with E-state index in [0.29, 0.717) is 42.6 Å². The van der Waals surface area contributed by atoms with Crippen LogP contribution in [0.1, 0.15) is 69.4 Å². The SMILES string of the molecule is CCOc1cc(C2C3=C(CCCC3=O)N(CC)C3=C2C(=O)CCC3)ccc1OCc1ccc(Cl)cc1. The molecule has 0 atom stereocenters. The fourth-order valence-electron chi connectivity index (χ4n) is 5.77. The first-order valence-electron chi connectivity index (χ1n) is 13.0. The van der Waals surface area contributed by atoms with Gasteiger partial charge in [0, 0.05) is 52.9 Å². The molecule has 2 aromatic carbocycles. The molecule has 0 spiro atoms. The van der Waals surface area contributed by atoms with E-state index in [9.17, 15) is 9.59 Å². The highest BCUT2D eigenvalue weighted by molar-refractivity contribution is 6.30. The van der Waals surface area contributed by atoms with Crippen LogP contribution >= 0.6 is 11.6 Å². The number of rotatable bonds is 7. The average Bonchev–Trinajstić information content (AvgIpc) is 2.88. The summed E-state index contributed by atoms with van der Waals surface area (Å²) in [5, 5.41) is 0.684. The summed E-state index contributed by atoms with van der Waals surface area (Å²) >= 11 is 6.00. The van der Waals surface area contributed by atoms with Crippen LogP contribution in [0.25, 0.3) is 0 Å². The second kappa shape index (κ2) is 10.5. The summed E-state index contributed by atoms with van der Waals surface area (Å²) in [6.45, 7) is 5.67. The quantitative estimate of drug-likeness (QED) is 0.416. The van der Waals surface area contributed by atoms with E-state index in [1.54, 1.807) is 0 Å². The third-order valence-corrected chi connectivity index (χ3v) is 7.56. The van der Waals surface area contributed by atoms with Crippen LogP contribution in [0.2, 0.25) is 5.02 Å². The number of carbonyl (C=O) groups is 2. The van der Waals surface area contributed by atoms with E-state index in [1.165, 1.54) is 0 Å². The second-order valence-corrected chi connectivity index (χ2v) is 9.94. The molecule has 5 nitrogen and oxygen atoms in total. The normalized spacial score (nSPS) is 18.4. The molecule has 188 valence electrons. The molecule has 0 unspecified atom stereocenters. The zero-order chi connectivity index (χ0) is 25.2. The van der Waals surface area contributed by atoms with Crippen LogP contribution in [-0.2, 0) is 16.2 Å². The Labute approximate surface area is 217 Å². The molecular weight excluding hydrogens is 474 g/mol. The maximum atomic E-state index is 13.3. The Morgan fingerprint density at radius 3 is 2.06 bits per heavy atom. The van der Waals surface area contributed by atoms with Crippen LogP contribution in [0.4, 0.5) is 0 Å². The van der Waals surface area contributed by atoms with E-state index >= 15 is 0 Å². The first-order valence-corrected chi connectivity index (χ1v) is 13.3. The molecule has 0 amide bonds. The van der Waals surface area contributed by atoms with Crippen LogP contribution in [-0.4, -0.2) is 29.6 Å². The molecule has 1 aliphatic heterocycles. The van der Waals surface area contributed by atoms with Gasteiger partial charge in [0.15, 0.2) is 23.1 Å². The van der Waals surface area contributed by atoms with E-state index in [-0.39, 0.29) is 17.5 Å². The van der Waals surface area contributed by atoms with Gasteiger partial charge in [0.05, 0.1) is 6.61 Å². The molecule has 0 N–H and O–H groups in total. The molecule has 1 heterocycles. The Morgan fingerprint density at radius 2 is 1.47 bits per heavy atom. The van der Waals surface area contributed by atoms with E-state index in [4.69, 9.17) is 21.1 Å². The molecule has 36 heavy (non-hydrogen) atoms. The predicted octanol–water partition coefficient (Wildman–Crippen LogP) is 6.75. The number of hydrogen-bond acceptors (Lipinski definition) is 5. The number of benzene rings is 2.